The van der Waals surface area contributed by atoms with E-state index in [0.29, 0.717) is 12.1 Å². The van der Waals surface area contributed by atoms with Crippen LogP contribution in [-0.4, -0.2) is 16.4 Å². The summed E-state index contributed by atoms with van der Waals surface area (Å²) >= 11 is 1.12. The number of carbonyl (C=O) groups is 2. The molecule has 2 aromatic carbocycles. The summed E-state index contributed by atoms with van der Waals surface area (Å²) in [5, 5.41) is -0.528. The molecule has 0 saturated carbocycles. The molecule has 4 heteroatoms. The fourth-order valence-electron chi connectivity index (χ4n) is 2.54. The van der Waals surface area contributed by atoms with Crippen LogP contribution in [-0.2, 0) is 11.2 Å². The number of anilines is 1. The van der Waals surface area contributed by atoms with Gasteiger partial charge in [0.2, 0.25) is 5.91 Å². The van der Waals surface area contributed by atoms with Crippen molar-refractivity contribution in [1.82, 2.24) is 0 Å². The summed E-state index contributed by atoms with van der Waals surface area (Å²) in [5.74, 6) is -0.126. The third kappa shape index (κ3) is 2.79. The highest BCUT2D eigenvalue weighted by atomic mass is 32.2. The molecule has 1 unspecified atom stereocenters. The standard InChI is InChI=1S/C18H17NO2S/c1-12-8-9-14(10-13(12)2)11-16-17(20)19(18(21)22-16)15-6-4-3-5-7-15/h3-10,16H,11H2,1-2H3. The first-order valence-corrected chi connectivity index (χ1v) is 8.10. The minimum Gasteiger partial charge on any atom is -0.273 e. The van der Waals surface area contributed by atoms with Gasteiger partial charge in [-0.3, -0.25) is 9.59 Å². The molecule has 1 aliphatic rings. The minimum atomic E-state index is -0.338. The highest BCUT2D eigenvalue weighted by Gasteiger charge is 2.40. The number of rotatable bonds is 3. The number of carbonyl (C=O) groups excluding carboxylic acids is 2. The number of nitrogens with zero attached hydrogens (tertiary/aromatic N) is 1. The van der Waals surface area contributed by atoms with E-state index < -0.39 is 0 Å². The predicted octanol–water partition coefficient (Wildman–Crippen LogP) is 4.11. The second-order valence-corrected chi connectivity index (χ2v) is 6.66. The Labute approximate surface area is 134 Å². The molecule has 0 spiro atoms. The van der Waals surface area contributed by atoms with Crippen LogP contribution in [0.5, 0.6) is 0 Å². The van der Waals surface area contributed by atoms with Gasteiger partial charge in [0.15, 0.2) is 0 Å². The zero-order valence-electron chi connectivity index (χ0n) is 12.6. The highest BCUT2D eigenvalue weighted by molar-refractivity contribution is 8.15. The fraction of sp³-hybridized carbons (Fsp3) is 0.222. The first-order chi connectivity index (χ1) is 10.6. The lowest BCUT2D eigenvalue weighted by molar-refractivity contribution is -0.117. The molecule has 3 rings (SSSR count). The molecule has 3 nitrogen and oxygen atoms in total. The summed E-state index contributed by atoms with van der Waals surface area (Å²) < 4.78 is 0. The predicted molar refractivity (Wildman–Crippen MR) is 90.3 cm³/mol. The van der Waals surface area contributed by atoms with Gasteiger partial charge in [-0.05, 0) is 49.1 Å². The number of benzene rings is 2. The Bertz CT molecular complexity index is 727. The van der Waals surface area contributed by atoms with Gasteiger partial charge in [-0.1, -0.05) is 48.2 Å². The van der Waals surface area contributed by atoms with Gasteiger partial charge >= 0.3 is 0 Å². The average Bonchev–Trinajstić information content (AvgIpc) is 2.78. The lowest BCUT2D eigenvalue weighted by Gasteiger charge is -2.14. The Kier molecular flexibility index (Phi) is 4.03. The Morgan fingerprint density at radius 2 is 1.73 bits per heavy atom. The van der Waals surface area contributed by atoms with Crippen molar-refractivity contribution in [2.24, 2.45) is 0 Å². The molecular formula is C18H17NO2S. The van der Waals surface area contributed by atoms with E-state index in [9.17, 15) is 9.59 Å². The van der Waals surface area contributed by atoms with E-state index >= 15 is 0 Å². The molecule has 1 fully saturated rings. The first kappa shape index (κ1) is 14.9. The molecule has 1 aliphatic heterocycles. The second-order valence-electron chi connectivity index (χ2n) is 5.50. The zero-order valence-corrected chi connectivity index (χ0v) is 13.4. The second kappa shape index (κ2) is 5.97. The Balaban J connectivity index is 1.80. The molecule has 1 saturated heterocycles. The molecule has 112 valence electrons. The molecule has 2 amide bonds. The number of imide groups is 1. The lowest BCUT2D eigenvalue weighted by Crippen LogP contribution is -2.32. The molecule has 0 radical (unpaired) electrons. The summed E-state index contributed by atoms with van der Waals surface area (Å²) in [6.45, 7) is 4.12. The molecular weight excluding hydrogens is 294 g/mol. The SMILES string of the molecule is Cc1ccc(CC2SC(=O)N(c3ccccc3)C2=O)cc1C. The normalized spacial score (nSPS) is 18.1. The van der Waals surface area contributed by atoms with Crippen molar-refractivity contribution < 1.29 is 9.59 Å². The minimum absolute atomic E-state index is 0.126. The van der Waals surface area contributed by atoms with E-state index in [4.69, 9.17) is 0 Å². The van der Waals surface area contributed by atoms with Gasteiger partial charge in [0.25, 0.3) is 5.24 Å². The largest absolute Gasteiger partial charge is 0.293 e. The van der Waals surface area contributed by atoms with Crippen LogP contribution in [0.15, 0.2) is 48.5 Å². The molecule has 0 N–H and O–H groups in total. The Hall–Kier alpha value is -2.07. The topological polar surface area (TPSA) is 37.4 Å². The number of hydrogen-bond donors (Lipinski definition) is 0. The Morgan fingerprint density at radius 3 is 2.41 bits per heavy atom. The molecule has 0 bridgehead atoms. The van der Waals surface area contributed by atoms with Gasteiger partial charge < -0.3 is 0 Å². The molecule has 22 heavy (non-hydrogen) atoms. The van der Waals surface area contributed by atoms with Crippen molar-refractivity contribution in [1.29, 1.82) is 0 Å². The Morgan fingerprint density at radius 1 is 1.00 bits per heavy atom. The monoisotopic (exact) mass is 311 g/mol. The third-order valence-corrected chi connectivity index (χ3v) is 4.97. The summed E-state index contributed by atoms with van der Waals surface area (Å²) in [4.78, 5) is 26.0. The average molecular weight is 311 g/mol. The van der Waals surface area contributed by atoms with Crippen molar-refractivity contribution in [2.45, 2.75) is 25.5 Å². The summed E-state index contributed by atoms with van der Waals surface area (Å²) in [7, 11) is 0. The van der Waals surface area contributed by atoms with E-state index in [1.54, 1.807) is 12.1 Å². The quantitative estimate of drug-likeness (QED) is 0.856. The number of thioether (sulfide) groups is 1. The van der Waals surface area contributed by atoms with Crippen LogP contribution >= 0.6 is 11.8 Å². The maximum absolute atomic E-state index is 12.6. The van der Waals surface area contributed by atoms with Crippen molar-refractivity contribution in [3.05, 3.63) is 65.2 Å². The first-order valence-electron chi connectivity index (χ1n) is 7.22. The summed E-state index contributed by atoms with van der Waals surface area (Å²) in [6.07, 6.45) is 0.583. The smallest absolute Gasteiger partial charge is 0.273 e. The van der Waals surface area contributed by atoms with Gasteiger partial charge in [0.1, 0.15) is 0 Å². The number of aryl methyl sites for hydroxylation is 2. The van der Waals surface area contributed by atoms with Gasteiger partial charge in [-0.15, -0.1) is 0 Å². The van der Waals surface area contributed by atoms with Gasteiger partial charge in [0.05, 0.1) is 10.9 Å². The van der Waals surface area contributed by atoms with Crippen LogP contribution < -0.4 is 4.90 Å². The number of para-hydroxylation sites is 1. The fourth-order valence-corrected chi connectivity index (χ4v) is 3.57. The van der Waals surface area contributed by atoms with Crippen molar-refractivity contribution >= 4 is 28.6 Å². The zero-order chi connectivity index (χ0) is 15.7. The van der Waals surface area contributed by atoms with Gasteiger partial charge in [0, 0.05) is 0 Å². The van der Waals surface area contributed by atoms with Crippen LogP contribution in [0, 0.1) is 13.8 Å². The molecule has 1 atom stereocenters. The van der Waals surface area contributed by atoms with Crippen molar-refractivity contribution in [3.8, 4) is 0 Å². The third-order valence-electron chi connectivity index (χ3n) is 3.93. The van der Waals surface area contributed by atoms with Crippen LogP contribution in [0.1, 0.15) is 16.7 Å². The lowest BCUT2D eigenvalue weighted by atomic mass is 10.0. The van der Waals surface area contributed by atoms with E-state index in [1.807, 2.05) is 24.3 Å². The van der Waals surface area contributed by atoms with Gasteiger partial charge in [-0.25, -0.2) is 4.90 Å². The highest BCUT2D eigenvalue weighted by Crippen LogP contribution is 2.33. The molecule has 1 heterocycles. The summed E-state index contributed by atoms with van der Waals surface area (Å²) in [5.41, 5.74) is 4.18. The van der Waals surface area contributed by atoms with Crippen LogP contribution in [0.2, 0.25) is 0 Å². The van der Waals surface area contributed by atoms with Crippen molar-refractivity contribution in [3.63, 3.8) is 0 Å². The maximum Gasteiger partial charge on any atom is 0.293 e. The van der Waals surface area contributed by atoms with Crippen LogP contribution in [0.4, 0.5) is 10.5 Å². The van der Waals surface area contributed by atoms with E-state index in [1.165, 1.54) is 16.0 Å². The molecule has 0 aliphatic carbocycles. The van der Waals surface area contributed by atoms with Gasteiger partial charge in [-0.2, -0.15) is 0 Å². The number of hydrogen-bond acceptors (Lipinski definition) is 3. The maximum atomic E-state index is 12.6. The number of amides is 2. The van der Waals surface area contributed by atoms with Crippen LogP contribution in [0.25, 0.3) is 0 Å². The molecule has 0 aromatic heterocycles. The van der Waals surface area contributed by atoms with E-state index in [2.05, 4.69) is 26.0 Å². The van der Waals surface area contributed by atoms with Crippen molar-refractivity contribution in [2.75, 3.05) is 4.90 Å². The van der Waals surface area contributed by atoms with Crippen LogP contribution in [0.3, 0.4) is 0 Å². The van der Waals surface area contributed by atoms with E-state index in [0.717, 1.165) is 17.3 Å². The van der Waals surface area contributed by atoms with E-state index in [-0.39, 0.29) is 16.4 Å². The summed E-state index contributed by atoms with van der Waals surface area (Å²) in [6, 6.07) is 15.3. The molecule has 2 aromatic rings.